The molecular weight excluding hydrogens is 360 g/mol. The fraction of sp³-hybridized carbons (Fsp3) is 0.609. The standard InChI is InChI=1S/C23H36N6/c1-18(2)14-23(12-8-9-13-23)17-26-22(24-15-20-10-6-5-7-11-20)25-16-21-28-27-19(3)29(21)4/h5-7,10-11,18H,8-9,12-17H2,1-4H3,(H2,24,25,26). The summed E-state index contributed by atoms with van der Waals surface area (Å²) in [4.78, 5) is 4.85. The van der Waals surface area contributed by atoms with Crippen molar-refractivity contribution in [2.75, 3.05) is 6.54 Å². The molecule has 29 heavy (non-hydrogen) atoms. The second kappa shape index (κ2) is 9.90. The van der Waals surface area contributed by atoms with Gasteiger partial charge in [0.2, 0.25) is 0 Å². The third kappa shape index (κ3) is 6.05. The molecule has 0 spiro atoms. The van der Waals surface area contributed by atoms with Gasteiger partial charge >= 0.3 is 0 Å². The summed E-state index contributed by atoms with van der Waals surface area (Å²) in [5.41, 5.74) is 1.60. The molecule has 1 saturated carbocycles. The molecule has 3 rings (SSSR count). The number of aliphatic imine (C=N–C) groups is 1. The zero-order valence-corrected chi connectivity index (χ0v) is 18.4. The Labute approximate surface area is 175 Å². The topological polar surface area (TPSA) is 67.1 Å². The van der Waals surface area contributed by atoms with Gasteiger partial charge in [0, 0.05) is 13.6 Å². The average Bonchev–Trinajstić information content (AvgIpc) is 3.29. The highest BCUT2D eigenvalue weighted by Gasteiger charge is 2.34. The van der Waals surface area contributed by atoms with Crippen LogP contribution in [0.5, 0.6) is 0 Å². The predicted octanol–water partition coefficient (Wildman–Crippen LogP) is 3.97. The molecule has 0 amide bonds. The van der Waals surface area contributed by atoms with Crippen LogP contribution >= 0.6 is 0 Å². The van der Waals surface area contributed by atoms with Crippen molar-refractivity contribution in [2.24, 2.45) is 23.4 Å². The largest absolute Gasteiger partial charge is 0.356 e. The van der Waals surface area contributed by atoms with Crippen LogP contribution in [0.4, 0.5) is 0 Å². The first-order valence-electron chi connectivity index (χ1n) is 10.9. The quantitative estimate of drug-likeness (QED) is 0.523. The summed E-state index contributed by atoms with van der Waals surface area (Å²) >= 11 is 0. The summed E-state index contributed by atoms with van der Waals surface area (Å²) in [6, 6.07) is 10.4. The van der Waals surface area contributed by atoms with Crippen molar-refractivity contribution < 1.29 is 0 Å². The monoisotopic (exact) mass is 396 g/mol. The highest BCUT2D eigenvalue weighted by Crippen LogP contribution is 2.42. The molecule has 6 nitrogen and oxygen atoms in total. The smallest absolute Gasteiger partial charge is 0.191 e. The molecular formula is C23H36N6. The van der Waals surface area contributed by atoms with Crippen molar-refractivity contribution in [2.45, 2.75) is 66.0 Å². The van der Waals surface area contributed by atoms with Crippen molar-refractivity contribution in [1.29, 1.82) is 0 Å². The van der Waals surface area contributed by atoms with Gasteiger partial charge in [-0.15, -0.1) is 10.2 Å². The van der Waals surface area contributed by atoms with Crippen molar-refractivity contribution in [1.82, 2.24) is 25.4 Å². The van der Waals surface area contributed by atoms with Crippen molar-refractivity contribution >= 4 is 5.96 Å². The van der Waals surface area contributed by atoms with Crippen LogP contribution in [0.2, 0.25) is 0 Å². The Morgan fingerprint density at radius 3 is 2.48 bits per heavy atom. The van der Waals surface area contributed by atoms with Gasteiger partial charge in [-0.05, 0) is 43.1 Å². The maximum absolute atomic E-state index is 4.85. The number of nitrogens with one attached hydrogen (secondary N) is 2. The molecule has 0 atom stereocenters. The zero-order chi connectivity index (χ0) is 20.7. The van der Waals surface area contributed by atoms with E-state index >= 15 is 0 Å². The first kappa shape index (κ1) is 21.3. The van der Waals surface area contributed by atoms with E-state index in [1.54, 1.807) is 0 Å². The third-order valence-electron chi connectivity index (χ3n) is 6.00. The van der Waals surface area contributed by atoms with E-state index in [4.69, 9.17) is 4.99 Å². The van der Waals surface area contributed by atoms with Gasteiger partial charge < -0.3 is 15.2 Å². The lowest BCUT2D eigenvalue weighted by Gasteiger charge is -2.32. The molecule has 2 N–H and O–H groups in total. The number of benzene rings is 1. The van der Waals surface area contributed by atoms with Crippen LogP contribution < -0.4 is 10.6 Å². The van der Waals surface area contributed by atoms with Crippen molar-refractivity contribution in [3.63, 3.8) is 0 Å². The Balaban J connectivity index is 1.68. The molecule has 1 fully saturated rings. The SMILES string of the molecule is Cc1nnc(CNC(=NCc2ccccc2)NCC2(CC(C)C)CCCC2)n1C. The summed E-state index contributed by atoms with van der Waals surface area (Å²) in [5.74, 6) is 3.40. The normalized spacial score (nSPS) is 16.4. The second-order valence-electron chi connectivity index (χ2n) is 8.89. The van der Waals surface area contributed by atoms with Crippen molar-refractivity contribution in [3.05, 3.63) is 47.5 Å². The van der Waals surface area contributed by atoms with E-state index in [1.807, 2.05) is 24.6 Å². The molecule has 1 aliphatic rings. The van der Waals surface area contributed by atoms with Crippen LogP contribution in [0.1, 0.15) is 63.2 Å². The molecule has 0 aliphatic heterocycles. The van der Waals surface area contributed by atoms with Gasteiger partial charge in [0.25, 0.3) is 0 Å². The minimum absolute atomic E-state index is 0.394. The van der Waals surface area contributed by atoms with Crippen molar-refractivity contribution in [3.8, 4) is 0 Å². The molecule has 0 unspecified atom stereocenters. The van der Waals surface area contributed by atoms with E-state index < -0.39 is 0 Å². The number of aromatic nitrogens is 3. The summed E-state index contributed by atoms with van der Waals surface area (Å²) < 4.78 is 2.01. The van der Waals surface area contributed by atoms with Crippen LogP contribution in [0, 0.1) is 18.3 Å². The molecule has 1 aromatic carbocycles. The number of hydrogen-bond acceptors (Lipinski definition) is 3. The lowest BCUT2D eigenvalue weighted by molar-refractivity contribution is 0.234. The molecule has 1 aliphatic carbocycles. The number of aryl methyl sites for hydroxylation is 1. The molecule has 1 heterocycles. The van der Waals surface area contributed by atoms with E-state index in [9.17, 15) is 0 Å². The van der Waals surface area contributed by atoms with Crippen LogP contribution in [-0.2, 0) is 20.1 Å². The molecule has 6 heteroatoms. The number of hydrogen-bond donors (Lipinski definition) is 2. The zero-order valence-electron chi connectivity index (χ0n) is 18.4. The van der Waals surface area contributed by atoms with Gasteiger partial charge in [0.15, 0.2) is 11.8 Å². The molecule has 0 bridgehead atoms. The second-order valence-corrected chi connectivity index (χ2v) is 8.89. The van der Waals surface area contributed by atoms with Gasteiger partial charge in [-0.1, -0.05) is 57.0 Å². The van der Waals surface area contributed by atoms with E-state index in [2.05, 4.69) is 58.9 Å². The Hall–Kier alpha value is -2.37. The Morgan fingerprint density at radius 1 is 1.14 bits per heavy atom. The van der Waals surface area contributed by atoms with Crippen LogP contribution in [0.25, 0.3) is 0 Å². The number of nitrogens with zero attached hydrogens (tertiary/aromatic N) is 4. The molecule has 2 aromatic rings. The molecule has 0 saturated heterocycles. The summed E-state index contributed by atoms with van der Waals surface area (Å²) in [6.07, 6.45) is 6.58. The molecule has 1 aromatic heterocycles. The minimum Gasteiger partial charge on any atom is -0.356 e. The highest BCUT2D eigenvalue weighted by atomic mass is 15.3. The Bertz CT molecular complexity index is 787. The van der Waals surface area contributed by atoms with E-state index in [1.165, 1.54) is 37.7 Å². The van der Waals surface area contributed by atoms with Gasteiger partial charge in [-0.25, -0.2) is 4.99 Å². The minimum atomic E-state index is 0.394. The lowest BCUT2D eigenvalue weighted by Crippen LogP contribution is -2.43. The molecule has 0 radical (unpaired) electrons. The average molecular weight is 397 g/mol. The number of rotatable bonds is 8. The fourth-order valence-corrected chi connectivity index (χ4v) is 4.41. The van der Waals surface area contributed by atoms with Gasteiger partial charge in [-0.3, -0.25) is 0 Å². The first-order valence-corrected chi connectivity index (χ1v) is 10.9. The lowest BCUT2D eigenvalue weighted by atomic mass is 9.78. The van der Waals surface area contributed by atoms with Gasteiger partial charge in [0.1, 0.15) is 5.82 Å². The summed E-state index contributed by atoms with van der Waals surface area (Å²) in [7, 11) is 2.00. The van der Waals surface area contributed by atoms with Crippen LogP contribution in [0.3, 0.4) is 0 Å². The number of guanidine groups is 1. The summed E-state index contributed by atoms with van der Waals surface area (Å²) in [6.45, 7) is 8.87. The summed E-state index contributed by atoms with van der Waals surface area (Å²) in [5, 5.41) is 15.5. The van der Waals surface area contributed by atoms with Crippen LogP contribution in [-0.4, -0.2) is 27.3 Å². The Kier molecular flexibility index (Phi) is 7.29. The maximum Gasteiger partial charge on any atom is 0.191 e. The van der Waals surface area contributed by atoms with E-state index in [0.29, 0.717) is 24.4 Å². The van der Waals surface area contributed by atoms with Crippen LogP contribution in [0.15, 0.2) is 35.3 Å². The van der Waals surface area contributed by atoms with Gasteiger partial charge in [0.05, 0.1) is 13.1 Å². The fourth-order valence-electron chi connectivity index (χ4n) is 4.41. The molecule has 158 valence electrons. The van der Waals surface area contributed by atoms with E-state index in [-0.39, 0.29) is 0 Å². The van der Waals surface area contributed by atoms with Gasteiger partial charge in [-0.2, -0.15) is 0 Å². The van der Waals surface area contributed by atoms with E-state index in [0.717, 1.165) is 24.2 Å². The third-order valence-corrected chi connectivity index (χ3v) is 6.00. The predicted molar refractivity (Wildman–Crippen MR) is 119 cm³/mol. The maximum atomic E-state index is 4.85. The highest BCUT2D eigenvalue weighted by molar-refractivity contribution is 5.79. The first-order chi connectivity index (χ1) is 14.0. The Morgan fingerprint density at radius 2 is 1.86 bits per heavy atom.